The van der Waals surface area contributed by atoms with Gasteiger partial charge in [-0.25, -0.2) is 0 Å². The molecule has 1 amide bonds. The number of nitrogens with two attached hydrogens (primary N) is 1. The zero-order valence-corrected chi connectivity index (χ0v) is 12.6. The highest BCUT2D eigenvalue weighted by molar-refractivity contribution is 5.81. The van der Waals surface area contributed by atoms with Crippen LogP contribution < -0.4 is 5.73 Å². The number of carbonyl (C=O) groups excluding carboxylic acids is 1. The van der Waals surface area contributed by atoms with Crippen molar-refractivity contribution in [2.45, 2.75) is 52.1 Å². The number of carbonyl (C=O) groups is 1. The van der Waals surface area contributed by atoms with Gasteiger partial charge in [-0.1, -0.05) is 13.8 Å². The summed E-state index contributed by atoms with van der Waals surface area (Å²) in [6.07, 6.45) is 3.19. The number of rotatable bonds is 2. The summed E-state index contributed by atoms with van der Waals surface area (Å²) in [5.41, 5.74) is 5.90. The molecule has 0 bridgehead atoms. The molecular weight excluding hydrogens is 238 g/mol. The number of likely N-dealkylation sites (tertiary alicyclic amines) is 2. The molecule has 3 atom stereocenters. The van der Waals surface area contributed by atoms with Crippen LogP contribution in [0, 0.1) is 11.8 Å². The van der Waals surface area contributed by atoms with Gasteiger partial charge in [0.25, 0.3) is 0 Å². The van der Waals surface area contributed by atoms with Gasteiger partial charge in [-0.05, 0) is 38.0 Å². The highest BCUT2D eigenvalue weighted by Gasteiger charge is 2.32. The van der Waals surface area contributed by atoms with E-state index in [0.29, 0.717) is 17.7 Å². The van der Waals surface area contributed by atoms with Crippen LogP contribution in [0.2, 0.25) is 0 Å². The van der Waals surface area contributed by atoms with E-state index in [-0.39, 0.29) is 12.1 Å². The van der Waals surface area contributed by atoms with Crippen LogP contribution in [0.3, 0.4) is 0 Å². The van der Waals surface area contributed by atoms with E-state index in [4.69, 9.17) is 5.73 Å². The van der Waals surface area contributed by atoms with Gasteiger partial charge >= 0.3 is 0 Å². The molecule has 19 heavy (non-hydrogen) atoms. The second kappa shape index (κ2) is 6.23. The summed E-state index contributed by atoms with van der Waals surface area (Å²) in [7, 11) is 0. The van der Waals surface area contributed by atoms with E-state index in [1.54, 1.807) is 0 Å². The number of piperidine rings is 2. The van der Waals surface area contributed by atoms with Gasteiger partial charge < -0.3 is 10.6 Å². The number of hydrogen-bond acceptors (Lipinski definition) is 3. The normalized spacial score (nSPS) is 32.3. The van der Waals surface area contributed by atoms with Crippen molar-refractivity contribution in [3.05, 3.63) is 0 Å². The molecule has 2 aliphatic heterocycles. The van der Waals surface area contributed by atoms with Gasteiger partial charge in [0, 0.05) is 32.2 Å². The van der Waals surface area contributed by atoms with Crippen molar-refractivity contribution < 1.29 is 4.79 Å². The van der Waals surface area contributed by atoms with Crippen LogP contribution in [0.15, 0.2) is 0 Å². The summed E-state index contributed by atoms with van der Waals surface area (Å²) >= 11 is 0. The molecule has 4 heteroatoms. The molecule has 3 unspecified atom stereocenters. The van der Waals surface area contributed by atoms with Gasteiger partial charge in [0.2, 0.25) is 5.91 Å². The largest absolute Gasteiger partial charge is 0.341 e. The number of nitrogens with zero attached hydrogens (tertiary/aromatic N) is 2. The highest BCUT2D eigenvalue weighted by atomic mass is 16.2. The lowest BCUT2D eigenvalue weighted by atomic mass is 9.91. The van der Waals surface area contributed by atoms with Crippen molar-refractivity contribution in [3.8, 4) is 0 Å². The summed E-state index contributed by atoms with van der Waals surface area (Å²) < 4.78 is 0. The molecule has 110 valence electrons. The fourth-order valence-corrected chi connectivity index (χ4v) is 3.57. The van der Waals surface area contributed by atoms with E-state index in [2.05, 4.69) is 25.7 Å². The summed E-state index contributed by atoms with van der Waals surface area (Å²) in [5.74, 6) is 1.70. The Hall–Kier alpha value is -0.610. The predicted octanol–water partition coefficient (Wildman–Crippen LogP) is 1.30. The van der Waals surface area contributed by atoms with Crippen molar-refractivity contribution in [2.75, 3.05) is 26.2 Å². The van der Waals surface area contributed by atoms with Crippen LogP contribution in [0.4, 0.5) is 0 Å². The molecule has 2 rings (SSSR count). The molecule has 2 N–H and O–H groups in total. The van der Waals surface area contributed by atoms with E-state index >= 15 is 0 Å². The molecule has 0 saturated carbocycles. The first-order valence-electron chi connectivity index (χ1n) is 7.75. The van der Waals surface area contributed by atoms with Crippen molar-refractivity contribution in [2.24, 2.45) is 17.6 Å². The summed E-state index contributed by atoms with van der Waals surface area (Å²) in [6.45, 7) is 10.4. The molecule has 4 nitrogen and oxygen atoms in total. The smallest absolute Gasteiger partial charge is 0.239 e. The van der Waals surface area contributed by atoms with Crippen LogP contribution in [0.1, 0.15) is 40.0 Å². The maximum absolute atomic E-state index is 12.6. The van der Waals surface area contributed by atoms with Gasteiger partial charge in [-0.2, -0.15) is 0 Å². The maximum Gasteiger partial charge on any atom is 0.239 e. The quantitative estimate of drug-likeness (QED) is 0.820. The fraction of sp³-hybridized carbons (Fsp3) is 0.933. The van der Waals surface area contributed by atoms with Crippen molar-refractivity contribution in [1.29, 1.82) is 0 Å². The Kier molecular flexibility index (Phi) is 4.85. The molecule has 0 radical (unpaired) electrons. The third-order valence-electron chi connectivity index (χ3n) is 4.65. The molecule has 0 aromatic heterocycles. The average Bonchev–Trinajstić information content (AvgIpc) is 2.37. The Morgan fingerprint density at radius 3 is 2.21 bits per heavy atom. The molecule has 0 spiro atoms. The van der Waals surface area contributed by atoms with Crippen molar-refractivity contribution >= 4 is 5.91 Å². The predicted molar refractivity (Wildman–Crippen MR) is 77.8 cm³/mol. The number of hydrogen-bond donors (Lipinski definition) is 1. The van der Waals surface area contributed by atoms with Crippen molar-refractivity contribution in [3.63, 3.8) is 0 Å². The Labute approximate surface area is 117 Å². The van der Waals surface area contributed by atoms with E-state index in [1.165, 1.54) is 6.42 Å². The van der Waals surface area contributed by atoms with E-state index in [0.717, 1.165) is 39.0 Å². The minimum atomic E-state index is 0.0273. The Bertz CT molecular complexity index is 303. The lowest BCUT2D eigenvalue weighted by Crippen LogP contribution is -2.53. The maximum atomic E-state index is 12.6. The molecule has 0 aliphatic carbocycles. The molecule has 2 aliphatic rings. The van der Waals surface area contributed by atoms with Gasteiger partial charge in [0.15, 0.2) is 0 Å². The van der Waals surface area contributed by atoms with E-state index in [1.807, 2.05) is 4.90 Å². The van der Waals surface area contributed by atoms with Crippen LogP contribution in [0.25, 0.3) is 0 Å². The monoisotopic (exact) mass is 267 g/mol. The SMILES string of the molecule is CC1CC(C)CN(C(C)C(=O)N2CCC(N)CC2)C1. The average molecular weight is 267 g/mol. The minimum Gasteiger partial charge on any atom is -0.341 e. The van der Waals surface area contributed by atoms with E-state index < -0.39 is 0 Å². The molecule has 0 aromatic carbocycles. The standard InChI is InChI=1S/C15H29N3O/c1-11-8-12(2)10-18(9-11)13(3)15(19)17-6-4-14(16)5-7-17/h11-14H,4-10,16H2,1-3H3. The topological polar surface area (TPSA) is 49.6 Å². The summed E-state index contributed by atoms with van der Waals surface area (Å²) in [5, 5.41) is 0. The molecule has 2 fully saturated rings. The zero-order chi connectivity index (χ0) is 14.0. The van der Waals surface area contributed by atoms with Gasteiger partial charge in [-0.15, -0.1) is 0 Å². The summed E-state index contributed by atoms with van der Waals surface area (Å²) in [4.78, 5) is 16.9. The van der Waals surface area contributed by atoms with Crippen LogP contribution in [-0.2, 0) is 4.79 Å². The Morgan fingerprint density at radius 2 is 1.68 bits per heavy atom. The van der Waals surface area contributed by atoms with Gasteiger partial charge in [0.1, 0.15) is 0 Å². The third-order valence-corrected chi connectivity index (χ3v) is 4.65. The van der Waals surface area contributed by atoms with Crippen LogP contribution in [-0.4, -0.2) is 54.0 Å². The fourth-order valence-electron chi connectivity index (χ4n) is 3.57. The van der Waals surface area contributed by atoms with Gasteiger partial charge in [-0.3, -0.25) is 9.69 Å². The Balaban J connectivity index is 1.91. The second-order valence-electron chi connectivity index (χ2n) is 6.74. The minimum absolute atomic E-state index is 0.0273. The second-order valence-corrected chi connectivity index (χ2v) is 6.74. The first-order valence-corrected chi connectivity index (χ1v) is 7.75. The first kappa shape index (κ1) is 14.8. The summed E-state index contributed by atoms with van der Waals surface area (Å²) in [6, 6.07) is 0.314. The zero-order valence-electron chi connectivity index (χ0n) is 12.6. The van der Waals surface area contributed by atoms with Crippen LogP contribution in [0.5, 0.6) is 0 Å². The lowest BCUT2D eigenvalue weighted by molar-refractivity contribution is -0.138. The van der Waals surface area contributed by atoms with Gasteiger partial charge in [0.05, 0.1) is 6.04 Å². The van der Waals surface area contributed by atoms with Crippen LogP contribution >= 0.6 is 0 Å². The molecule has 2 saturated heterocycles. The van der Waals surface area contributed by atoms with E-state index in [9.17, 15) is 4.79 Å². The Morgan fingerprint density at radius 1 is 1.16 bits per heavy atom. The molecular formula is C15H29N3O. The third kappa shape index (κ3) is 3.69. The number of amides is 1. The lowest BCUT2D eigenvalue weighted by Gasteiger charge is -2.40. The molecule has 2 heterocycles. The highest BCUT2D eigenvalue weighted by Crippen LogP contribution is 2.23. The first-order chi connectivity index (χ1) is 8.97. The van der Waals surface area contributed by atoms with Crippen molar-refractivity contribution in [1.82, 2.24) is 9.80 Å². The molecule has 0 aromatic rings.